The molecule has 1 aromatic rings. The number of nitriles is 1. The molecule has 1 aromatic carbocycles. The third-order valence-corrected chi connectivity index (χ3v) is 4.15. The molecular formula is C14H15F3N2S. The van der Waals surface area contributed by atoms with Gasteiger partial charge in [-0.3, -0.25) is 0 Å². The zero-order chi connectivity index (χ0) is 14.6. The first-order valence-corrected chi connectivity index (χ1v) is 7.27. The molecule has 0 radical (unpaired) electrons. The van der Waals surface area contributed by atoms with Crippen molar-refractivity contribution >= 4 is 11.8 Å². The number of nitrogens with one attached hydrogen (secondary N) is 1. The predicted octanol–water partition coefficient (Wildman–Crippen LogP) is 4.08. The van der Waals surface area contributed by atoms with Crippen LogP contribution in [0.25, 0.3) is 0 Å². The van der Waals surface area contributed by atoms with Crippen molar-refractivity contribution in [2.24, 2.45) is 5.92 Å². The van der Waals surface area contributed by atoms with Crippen molar-refractivity contribution in [3.8, 4) is 6.07 Å². The molecule has 1 fully saturated rings. The van der Waals surface area contributed by atoms with Gasteiger partial charge in [0, 0.05) is 17.5 Å². The van der Waals surface area contributed by atoms with Crippen molar-refractivity contribution in [3.05, 3.63) is 29.8 Å². The van der Waals surface area contributed by atoms with E-state index in [-0.39, 0.29) is 28.6 Å². The Hall–Kier alpha value is -1.19. The molecule has 0 amide bonds. The molecule has 1 saturated carbocycles. The Kier molecular flexibility index (Phi) is 4.95. The normalized spacial score (nSPS) is 22.7. The fourth-order valence-corrected chi connectivity index (χ4v) is 2.96. The Morgan fingerprint density at radius 1 is 1.25 bits per heavy atom. The minimum atomic E-state index is -4.25. The summed E-state index contributed by atoms with van der Waals surface area (Å²) in [6, 6.07) is 8.83. The molecule has 1 aliphatic carbocycles. The fourth-order valence-electron chi connectivity index (χ4n) is 2.42. The van der Waals surface area contributed by atoms with Crippen molar-refractivity contribution in [2.45, 2.75) is 42.3 Å². The SMILES string of the molecule is N#CC1CCCC1NCc1ccc(SC(F)(F)F)cc1. The van der Waals surface area contributed by atoms with E-state index in [2.05, 4.69) is 11.4 Å². The molecule has 1 N–H and O–H groups in total. The zero-order valence-electron chi connectivity index (χ0n) is 10.8. The second-order valence-corrected chi connectivity index (χ2v) is 5.98. The summed E-state index contributed by atoms with van der Waals surface area (Å²) in [5.41, 5.74) is -3.32. The van der Waals surface area contributed by atoms with E-state index in [0.29, 0.717) is 6.54 Å². The quantitative estimate of drug-likeness (QED) is 0.851. The Morgan fingerprint density at radius 2 is 1.95 bits per heavy atom. The Morgan fingerprint density at radius 3 is 2.55 bits per heavy atom. The molecular weight excluding hydrogens is 285 g/mol. The number of nitrogens with zero attached hydrogens (tertiary/aromatic N) is 1. The minimum absolute atomic E-state index is 0.0510. The summed E-state index contributed by atoms with van der Waals surface area (Å²) in [6.45, 7) is 0.583. The molecule has 0 heterocycles. The van der Waals surface area contributed by atoms with E-state index in [4.69, 9.17) is 5.26 Å². The lowest BCUT2D eigenvalue weighted by Gasteiger charge is -2.15. The number of thioether (sulfide) groups is 1. The van der Waals surface area contributed by atoms with Crippen molar-refractivity contribution in [1.29, 1.82) is 5.26 Å². The van der Waals surface area contributed by atoms with E-state index in [1.807, 2.05) is 0 Å². The van der Waals surface area contributed by atoms with E-state index in [1.165, 1.54) is 12.1 Å². The van der Waals surface area contributed by atoms with Crippen LogP contribution in [-0.2, 0) is 6.54 Å². The van der Waals surface area contributed by atoms with Crippen LogP contribution < -0.4 is 5.32 Å². The first-order chi connectivity index (χ1) is 9.48. The van der Waals surface area contributed by atoms with Crippen molar-refractivity contribution in [1.82, 2.24) is 5.32 Å². The average molecular weight is 300 g/mol. The molecule has 2 atom stereocenters. The maximum Gasteiger partial charge on any atom is 0.446 e. The third kappa shape index (κ3) is 4.43. The van der Waals surface area contributed by atoms with Gasteiger partial charge in [0.1, 0.15) is 0 Å². The minimum Gasteiger partial charge on any atom is -0.309 e. The molecule has 0 bridgehead atoms. The van der Waals surface area contributed by atoms with Gasteiger partial charge in [0.25, 0.3) is 0 Å². The van der Waals surface area contributed by atoms with Crippen LogP contribution in [0.15, 0.2) is 29.2 Å². The fraction of sp³-hybridized carbons (Fsp3) is 0.500. The molecule has 20 heavy (non-hydrogen) atoms. The van der Waals surface area contributed by atoms with E-state index in [9.17, 15) is 13.2 Å². The number of benzene rings is 1. The molecule has 0 spiro atoms. The number of halogens is 3. The zero-order valence-corrected chi connectivity index (χ0v) is 11.6. The van der Waals surface area contributed by atoms with Crippen LogP contribution in [0.1, 0.15) is 24.8 Å². The lowest BCUT2D eigenvalue weighted by Crippen LogP contribution is -2.31. The van der Waals surface area contributed by atoms with Crippen LogP contribution in [0.2, 0.25) is 0 Å². The van der Waals surface area contributed by atoms with Gasteiger partial charge in [0.15, 0.2) is 0 Å². The van der Waals surface area contributed by atoms with Crippen molar-refractivity contribution in [2.75, 3.05) is 0 Å². The van der Waals surface area contributed by atoms with Crippen LogP contribution in [0.5, 0.6) is 0 Å². The van der Waals surface area contributed by atoms with E-state index < -0.39 is 5.51 Å². The van der Waals surface area contributed by atoms with Gasteiger partial charge < -0.3 is 5.32 Å². The van der Waals surface area contributed by atoms with E-state index >= 15 is 0 Å². The van der Waals surface area contributed by atoms with Gasteiger partial charge in [-0.05, 0) is 42.3 Å². The van der Waals surface area contributed by atoms with Gasteiger partial charge >= 0.3 is 5.51 Å². The van der Waals surface area contributed by atoms with Gasteiger partial charge in [0.05, 0.1) is 12.0 Å². The highest BCUT2D eigenvalue weighted by molar-refractivity contribution is 8.00. The molecule has 6 heteroatoms. The maximum atomic E-state index is 12.2. The molecule has 1 aliphatic rings. The summed E-state index contributed by atoms with van der Waals surface area (Å²) in [6.07, 6.45) is 2.96. The summed E-state index contributed by atoms with van der Waals surface area (Å²) in [5.74, 6) is 0.0510. The topological polar surface area (TPSA) is 35.8 Å². The Bertz CT molecular complexity index is 479. The predicted molar refractivity (Wildman–Crippen MR) is 71.9 cm³/mol. The number of hydrogen-bond acceptors (Lipinski definition) is 3. The Labute approximate surface area is 120 Å². The van der Waals surface area contributed by atoms with Gasteiger partial charge in [-0.15, -0.1) is 0 Å². The van der Waals surface area contributed by atoms with Crippen LogP contribution in [-0.4, -0.2) is 11.6 Å². The number of alkyl halides is 3. The van der Waals surface area contributed by atoms with Crippen LogP contribution in [0.4, 0.5) is 13.2 Å². The molecule has 108 valence electrons. The van der Waals surface area contributed by atoms with Gasteiger partial charge in [-0.25, -0.2) is 0 Å². The molecule has 0 saturated heterocycles. The number of hydrogen-bond donors (Lipinski definition) is 1. The lowest BCUT2D eigenvalue weighted by atomic mass is 10.1. The first kappa shape index (κ1) is 15.2. The highest BCUT2D eigenvalue weighted by Gasteiger charge is 2.29. The van der Waals surface area contributed by atoms with Crippen LogP contribution >= 0.6 is 11.8 Å². The largest absolute Gasteiger partial charge is 0.446 e. The molecule has 0 aromatic heterocycles. The second kappa shape index (κ2) is 6.51. The van der Waals surface area contributed by atoms with Gasteiger partial charge in [-0.1, -0.05) is 18.6 Å². The monoisotopic (exact) mass is 300 g/mol. The molecule has 0 aliphatic heterocycles. The summed E-state index contributed by atoms with van der Waals surface area (Å²) in [5, 5.41) is 12.3. The van der Waals surface area contributed by atoms with Gasteiger partial charge in [0.2, 0.25) is 0 Å². The molecule has 2 nitrogen and oxygen atoms in total. The van der Waals surface area contributed by atoms with E-state index in [0.717, 1.165) is 24.8 Å². The van der Waals surface area contributed by atoms with Crippen LogP contribution in [0.3, 0.4) is 0 Å². The highest BCUT2D eigenvalue weighted by Crippen LogP contribution is 2.36. The van der Waals surface area contributed by atoms with E-state index in [1.54, 1.807) is 12.1 Å². The lowest BCUT2D eigenvalue weighted by molar-refractivity contribution is -0.0328. The summed E-state index contributed by atoms with van der Waals surface area (Å²) in [4.78, 5) is 0.192. The number of rotatable bonds is 4. The Balaban J connectivity index is 1.86. The van der Waals surface area contributed by atoms with Crippen LogP contribution in [0, 0.1) is 17.2 Å². The van der Waals surface area contributed by atoms with Crippen molar-refractivity contribution in [3.63, 3.8) is 0 Å². The highest BCUT2D eigenvalue weighted by atomic mass is 32.2. The molecule has 2 rings (SSSR count). The average Bonchev–Trinajstić information content (AvgIpc) is 2.83. The third-order valence-electron chi connectivity index (χ3n) is 3.41. The smallest absolute Gasteiger partial charge is 0.309 e. The summed E-state index contributed by atoms with van der Waals surface area (Å²) < 4.78 is 36.6. The standard InChI is InChI=1S/C14H15F3N2S/c15-14(16,17)20-12-6-4-10(5-7-12)9-19-13-3-1-2-11(13)8-18/h4-7,11,13,19H,1-3,9H2. The maximum absolute atomic E-state index is 12.2. The second-order valence-electron chi connectivity index (χ2n) is 4.85. The van der Waals surface area contributed by atoms with Gasteiger partial charge in [-0.2, -0.15) is 18.4 Å². The molecule has 2 unspecified atom stereocenters. The summed E-state index contributed by atoms with van der Waals surface area (Å²) in [7, 11) is 0. The van der Waals surface area contributed by atoms with Crippen molar-refractivity contribution < 1.29 is 13.2 Å². The summed E-state index contributed by atoms with van der Waals surface area (Å²) >= 11 is -0.107. The first-order valence-electron chi connectivity index (χ1n) is 6.45.